The molecule has 1 amide bonds. The third-order valence-corrected chi connectivity index (χ3v) is 6.45. The molecule has 0 saturated heterocycles. The number of nitrogens with zero attached hydrogens (tertiary/aromatic N) is 1. The molecule has 0 aliphatic heterocycles. The molecule has 0 fully saturated rings. The van der Waals surface area contributed by atoms with Crippen LogP contribution in [0.3, 0.4) is 0 Å². The summed E-state index contributed by atoms with van der Waals surface area (Å²) >= 11 is 15.3. The Morgan fingerprint density at radius 2 is 2.04 bits per heavy atom. The molecule has 0 atom stereocenters. The Hall–Kier alpha value is -1.53. The number of hydrogen-bond donors (Lipinski definition) is 1. The van der Waals surface area contributed by atoms with E-state index in [4.69, 9.17) is 23.2 Å². The number of thiazole rings is 1. The minimum absolute atomic E-state index is 0.105. The first-order valence-electron chi connectivity index (χ1n) is 7.88. The fraction of sp³-hybridized carbons (Fsp3) is 0.158. The van der Waals surface area contributed by atoms with Gasteiger partial charge in [-0.1, -0.05) is 53.2 Å². The van der Waals surface area contributed by atoms with Crippen molar-refractivity contribution >= 4 is 57.9 Å². The van der Waals surface area contributed by atoms with E-state index in [9.17, 15) is 4.79 Å². The van der Waals surface area contributed by atoms with E-state index in [1.807, 2.05) is 48.7 Å². The number of rotatable bonds is 6. The van der Waals surface area contributed by atoms with E-state index in [-0.39, 0.29) is 12.3 Å². The second-order valence-corrected chi connectivity index (χ2v) is 8.58. The maximum atomic E-state index is 12.3. The molecule has 1 heterocycles. The molecular formula is C19H16Cl2N2OS2. The van der Waals surface area contributed by atoms with Gasteiger partial charge < -0.3 is 5.32 Å². The van der Waals surface area contributed by atoms with Crippen LogP contribution in [-0.2, 0) is 17.0 Å². The molecule has 0 spiro atoms. The van der Waals surface area contributed by atoms with Crippen LogP contribution < -0.4 is 5.32 Å². The molecule has 0 saturated carbocycles. The molecule has 3 nitrogen and oxygen atoms in total. The van der Waals surface area contributed by atoms with E-state index >= 15 is 0 Å². The fourth-order valence-electron chi connectivity index (χ4n) is 2.31. The number of aromatic nitrogens is 1. The highest BCUT2D eigenvalue weighted by Gasteiger charge is 2.11. The van der Waals surface area contributed by atoms with Crippen LogP contribution in [0.15, 0.2) is 52.2 Å². The lowest BCUT2D eigenvalue weighted by Crippen LogP contribution is -2.15. The Labute approximate surface area is 170 Å². The molecule has 0 aliphatic rings. The zero-order valence-electron chi connectivity index (χ0n) is 14.0. The van der Waals surface area contributed by atoms with Crippen molar-refractivity contribution in [2.75, 3.05) is 5.32 Å². The summed E-state index contributed by atoms with van der Waals surface area (Å²) in [6.07, 6.45) is 0.236. The van der Waals surface area contributed by atoms with Gasteiger partial charge in [-0.2, -0.15) is 0 Å². The van der Waals surface area contributed by atoms with Crippen LogP contribution in [-0.4, -0.2) is 10.9 Å². The zero-order chi connectivity index (χ0) is 18.5. The van der Waals surface area contributed by atoms with Crippen LogP contribution in [0.4, 0.5) is 5.69 Å². The lowest BCUT2D eigenvalue weighted by molar-refractivity contribution is -0.115. The van der Waals surface area contributed by atoms with Gasteiger partial charge in [-0.05, 0) is 42.3 Å². The topological polar surface area (TPSA) is 42.0 Å². The van der Waals surface area contributed by atoms with E-state index in [1.54, 1.807) is 29.2 Å². The van der Waals surface area contributed by atoms with Gasteiger partial charge in [-0.15, -0.1) is 11.3 Å². The summed E-state index contributed by atoms with van der Waals surface area (Å²) in [6.45, 7) is 1.88. The van der Waals surface area contributed by atoms with Gasteiger partial charge in [0.1, 0.15) is 4.34 Å². The average Bonchev–Trinajstić information content (AvgIpc) is 3.04. The number of halogens is 2. The van der Waals surface area contributed by atoms with Crippen LogP contribution in [0.25, 0.3) is 0 Å². The molecule has 26 heavy (non-hydrogen) atoms. The van der Waals surface area contributed by atoms with Gasteiger partial charge in [-0.25, -0.2) is 4.98 Å². The van der Waals surface area contributed by atoms with Crippen LogP contribution in [0.5, 0.6) is 0 Å². The molecule has 134 valence electrons. The summed E-state index contributed by atoms with van der Waals surface area (Å²) in [7, 11) is 0. The van der Waals surface area contributed by atoms with E-state index in [1.165, 1.54) is 0 Å². The Morgan fingerprint density at radius 1 is 1.23 bits per heavy atom. The van der Waals surface area contributed by atoms with Gasteiger partial charge in [0.05, 0.1) is 12.1 Å². The normalized spacial score (nSPS) is 10.7. The lowest BCUT2D eigenvalue weighted by Gasteiger charge is -2.08. The quantitative estimate of drug-likeness (QED) is 0.478. The number of carbonyl (C=O) groups is 1. The number of benzene rings is 2. The lowest BCUT2D eigenvalue weighted by atomic mass is 10.2. The summed E-state index contributed by atoms with van der Waals surface area (Å²) in [6, 6.07) is 13.2. The first-order chi connectivity index (χ1) is 12.5. The van der Waals surface area contributed by atoms with Gasteiger partial charge in [0.15, 0.2) is 0 Å². The van der Waals surface area contributed by atoms with Crippen LogP contribution >= 0.6 is 46.3 Å². The minimum Gasteiger partial charge on any atom is -0.325 e. The van der Waals surface area contributed by atoms with Crippen molar-refractivity contribution in [3.05, 3.63) is 74.7 Å². The second-order valence-electron chi connectivity index (χ2n) is 5.66. The Morgan fingerprint density at radius 3 is 2.85 bits per heavy atom. The summed E-state index contributed by atoms with van der Waals surface area (Å²) < 4.78 is 0.937. The van der Waals surface area contributed by atoms with Crippen molar-refractivity contribution in [3.8, 4) is 0 Å². The maximum absolute atomic E-state index is 12.3. The monoisotopic (exact) mass is 422 g/mol. The van der Waals surface area contributed by atoms with Crippen LogP contribution in [0.1, 0.15) is 16.8 Å². The minimum atomic E-state index is -0.105. The molecule has 7 heteroatoms. The number of carbonyl (C=O) groups excluding carboxylic acids is 1. The van der Waals surface area contributed by atoms with Crippen LogP contribution in [0, 0.1) is 6.92 Å². The predicted molar refractivity (Wildman–Crippen MR) is 112 cm³/mol. The molecule has 0 bridgehead atoms. The number of thioether (sulfide) groups is 1. The van der Waals surface area contributed by atoms with Crippen molar-refractivity contribution in [2.45, 2.75) is 23.4 Å². The Balaban J connectivity index is 1.56. The summed E-state index contributed by atoms with van der Waals surface area (Å²) in [5, 5.41) is 6.18. The second kappa shape index (κ2) is 8.91. The Kier molecular flexibility index (Phi) is 6.59. The van der Waals surface area contributed by atoms with Crippen molar-refractivity contribution in [3.63, 3.8) is 0 Å². The predicted octanol–water partition coefficient (Wildman–Crippen LogP) is 6.23. The first-order valence-corrected chi connectivity index (χ1v) is 10.5. The number of hydrogen-bond acceptors (Lipinski definition) is 4. The van der Waals surface area contributed by atoms with E-state index in [0.29, 0.717) is 5.02 Å². The molecular weight excluding hydrogens is 407 g/mol. The van der Waals surface area contributed by atoms with Crippen LogP contribution in [0.2, 0.25) is 10.0 Å². The standard InChI is InChI=1S/C19H16Cl2N2OS2/c1-12-16(21)6-3-7-17(12)23-18(24)9-15-11-26-19(22-15)25-10-13-4-2-5-14(20)8-13/h2-8,11H,9-10H2,1H3,(H,23,24). The van der Waals surface area contributed by atoms with Crippen molar-refractivity contribution in [1.82, 2.24) is 4.98 Å². The van der Waals surface area contributed by atoms with Gasteiger partial charge in [-0.3, -0.25) is 4.79 Å². The van der Waals surface area contributed by atoms with E-state index in [0.717, 1.165) is 37.6 Å². The number of amides is 1. The van der Waals surface area contributed by atoms with Crippen molar-refractivity contribution < 1.29 is 4.79 Å². The zero-order valence-corrected chi connectivity index (χ0v) is 17.1. The fourth-order valence-corrected chi connectivity index (χ4v) is 4.48. The molecule has 2 aromatic carbocycles. The van der Waals surface area contributed by atoms with E-state index < -0.39 is 0 Å². The number of nitrogens with one attached hydrogen (secondary N) is 1. The SMILES string of the molecule is Cc1c(Cl)cccc1NC(=O)Cc1csc(SCc2cccc(Cl)c2)n1. The highest BCUT2D eigenvalue weighted by molar-refractivity contribution is 8.00. The summed E-state index contributed by atoms with van der Waals surface area (Å²) in [5.74, 6) is 0.688. The Bertz CT molecular complexity index is 927. The smallest absolute Gasteiger partial charge is 0.230 e. The molecule has 1 N–H and O–H groups in total. The highest BCUT2D eigenvalue weighted by atomic mass is 35.5. The third-order valence-electron chi connectivity index (χ3n) is 3.67. The molecule has 0 radical (unpaired) electrons. The van der Waals surface area contributed by atoms with Gasteiger partial charge in [0.2, 0.25) is 5.91 Å². The highest BCUT2D eigenvalue weighted by Crippen LogP contribution is 2.27. The van der Waals surface area contributed by atoms with Crippen molar-refractivity contribution in [1.29, 1.82) is 0 Å². The average molecular weight is 423 g/mol. The molecule has 0 aliphatic carbocycles. The maximum Gasteiger partial charge on any atom is 0.230 e. The molecule has 3 aromatic rings. The van der Waals surface area contributed by atoms with E-state index in [2.05, 4.69) is 10.3 Å². The molecule has 1 aromatic heterocycles. The number of anilines is 1. The van der Waals surface area contributed by atoms with Gasteiger partial charge in [0.25, 0.3) is 0 Å². The third kappa shape index (κ3) is 5.24. The first kappa shape index (κ1) is 19.2. The molecule has 0 unspecified atom stereocenters. The summed E-state index contributed by atoms with van der Waals surface area (Å²) in [4.78, 5) is 16.8. The van der Waals surface area contributed by atoms with Gasteiger partial charge in [0, 0.05) is 26.9 Å². The summed E-state index contributed by atoms with van der Waals surface area (Å²) in [5.41, 5.74) is 3.50. The largest absolute Gasteiger partial charge is 0.325 e. The van der Waals surface area contributed by atoms with Crippen molar-refractivity contribution in [2.24, 2.45) is 0 Å². The molecule has 3 rings (SSSR count). The van der Waals surface area contributed by atoms with Gasteiger partial charge >= 0.3 is 0 Å².